The molecule has 0 aromatic carbocycles. The van der Waals surface area contributed by atoms with Gasteiger partial charge in [-0.15, -0.1) is 0 Å². The third-order valence-electron chi connectivity index (χ3n) is 4.21. The van der Waals surface area contributed by atoms with Crippen molar-refractivity contribution in [1.29, 1.82) is 0 Å². The first-order valence-electron chi connectivity index (χ1n) is 7.74. The Hall–Kier alpha value is -1.30. The van der Waals surface area contributed by atoms with Gasteiger partial charge in [0.15, 0.2) is 0 Å². The first-order chi connectivity index (χ1) is 9.66. The number of hydrogen-bond acceptors (Lipinski definition) is 3. The molecule has 114 valence electrons. The number of carbonyl (C=O) groups excluding carboxylic acids is 2. The Kier molecular flexibility index (Phi) is 5.23. The largest absolute Gasteiger partial charge is 0.350 e. The van der Waals surface area contributed by atoms with Gasteiger partial charge in [-0.25, -0.2) is 4.79 Å². The van der Waals surface area contributed by atoms with Crippen LogP contribution >= 0.6 is 0 Å². The second-order valence-corrected chi connectivity index (χ2v) is 5.79. The summed E-state index contributed by atoms with van der Waals surface area (Å²) in [7, 11) is 0. The molecule has 2 rings (SSSR count). The summed E-state index contributed by atoms with van der Waals surface area (Å²) in [6, 6.07) is -0.0592. The van der Waals surface area contributed by atoms with Crippen LogP contribution in [-0.4, -0.2) is 43.2 Å². The average Bonchev–Trinajstić information content (AvgIpc) is 2.90. The number of amides is 3. The van der Waals surface area contributed by atoms with Crippen LogP contribution in [0.5, 0.6) is 0 Å². The zero-order chi connectivity index (χ0) is 14.4. The molecule has 0 bridgehead atoms. The number of nitrogens with one attached hydrogen (secondary N) is 4. The van der Waals surface area contributed by atoms with E-state index in [1.165, 1.54) is 0 Å². The predicted molar refractivity (Wildman–Crippen MR) is 77.4 cm³/mol. The van der Waals surface area contributed by atoms with E-state index in [1.54, 1.807) is 0 Å². The number of rotatable bonds is 4. The van der Waals surface area contributed by atoms with Crippen molar-refractivity contribution in [1.82, 2.24) is 21.3 Å². The summed E-state index contributed by atoms with van der Waals surface area (Å²) in [6.45, 7) is 4.28. The van der Waals surface area contributed by atoms with Crippen molar-refractivity contribution in [2.75, 3.05) is 19.6 Å². The molecule has 3 amide bonds. The molecule has 0 aromatic rings. The summed E-state index contributed by atoms with van der Waals surface area (Å²) in [4.78, 5) is 24.4. The molecule has 1 aliphatic heterocycles. The van der Waals surface area contributed by atoms with Gasteiger partial charge < -0.3 is 21.3 Å². The number of urea groups is 1. The van der Waals surface area contributed by atoms with Crippen LogP contribution in [0, 0.1) is 0 Å². The van der Waals surface area contributed by atoms with Crippen LogP contribution in [0.25, 0.3) is 0 Å². The third-order valence-corrected chi connectivity index (χ3v) is 4.21. The minimum Gasteiger partial charge on any atom is -0.350 e. The second-order valence-electron chi connectivity index (χ2n) is 5.79. The van der Waals surface area contributed by atoms with E-state index in [0.717, 1.165) is 51.6 Å². The molecule has 0 aromatic heterocycles. The van der Waals surface area contributed by atoms with Crippen LogP contribution < -0.4 is 21.3 Å². The minimum absolute atomic E-state index is 0.0186. The first-order valence-corrected chi connectivity index (χ1v) is 7.74. The van der Waals surface area contributed by atoms with Gasteiger partial charge in [0.05, 0.1) is 0 Å². The topological polar surface area (TPSA) is 82.3 Å². The summed E-state index contributed by atoms with van der Waals surface area (Å²) in [6.07, 6.45) is 5.54. The molecule has 2 fully saturated rings. The molecule has 1 heterocycles. The van der Waals surface area contributed by atoms with E-state index >= 15 is 0 Å². The van der Waals surface area contributed by atoms with Crippen molar-refractivity contribution in [3.8, 4) is 0 Å². The zero-order valence-corrected chi connectivity index (χ0v) is 12.3. The Morgan fingerprint density at radius 1 is 1.25 bits per heavy atom. The van der Waals surface area contributed by atoms with Crippen molar-refractivity contribution in [3.63, 3.8) is 0 Å². The number of carbonyl (C=O) groups is 2. The monoisotopic (exact) mass is 282 g/mol. The molecular weight excluding hydrogens is 256 g/mol. The summed E-state index contributed by atoms with van der Waals surface area (Å²) in [5.41, 5.74) is -0.712. The molecule has 2 aliphatic rings. The summed E-state index contributed by atoms with van der Waals surface area (Å²) in [5.74, 6) is -0.0186. The lowest BCUT2D eigenvalue weighted by Crippen LogP contribution is -2.61. The van der Waals surface area contributed by atoms with E-state index in [1.807, 2.05) is 6.92 Å². The Morgan fingerprint density at radius 3 is 2.60 bits per heavy atom. The molecular formula is C14H26N4O2. The molecule has 1 aliphatic carbocycles. The third kappa shape index (κ3) is 3.62. The highest BCUT2D eigenvalue weighted by atomic mass is 16.2. The molecule has 6 heteroatoms. The quantitative estimate of drug-likeness (QED) is 0.605. The summed E-state index contributed by atoms with van der Waals surface area (Å²) < 4.78 is 0. The minimum atomic E-state index is -0.712. The first kappa shape index (κ1) is 15.1. The lowest BCUT2D eigenvalue weighted by Gasteiger charge is -2.32. The van der Waals surface area contributed by atoms with Gasteiger partial charge in [0.1, 0.15) is 5.54 Å². The van der Waals surface area contributed by atoms with Gasteiger partial charge in [-0.2, -0.15) is 0 Å². The van der Waals surface area contributed by atoms with Gasteiger partial charge in [0, 0.05) is 19.1 Å². The van der Waals surface area contributed by atoms with Crippen molar-refractivity contribution in [2.24, 2.45) is 0 Å². The van der Waals surface area contributed by atoms with Crippen LogP contribution in [-0.2, 0) is 4.79 Å². The van der Waals surface area contributed by atoms with Gasteiger partial charge >= 0.3 is 6.03 Å². The Bertz CT molecular complexity index is 347. The molecule has 1 saturated carbocycles. The predicted octanol–water partition coefficient (Wildman–Crippen LogP) is 0.487. The van der Waals surface area contributed by atoms with Gasteiger partial charge in [-0.1, -0.05) is 12.8 Å². The fraction of sp³-hybridized carbons (Fsp3) is 0.857. The number of hydrogen-bond donors (Lipinski definition) is 4. The maximum absolute atomic E-state index is 12.6. The molecule has 0 spiro atoms. The maximum Gasteiger partial charge on any atom is 0.315 e. The highest BCUT2D eigenvalue weighted by Gasteiger charge is 2.43. The standard InChI is InChI=1S/C14H26N4O2/c1-2-16-13(20)18-14(7-3-4-8-14)12(19)17-11-6-5-9-15-10-11/h11,15H,2-10H2,1H3,(H,17,19)(H2,16,18,20). The summed E-state index contributed by atoms with van der Waals surface area (Å²) >= 11 is 0. The maximum atomic E-state index is 12.6. The van der Waals surface area contributed by atoms with Crippen LogP contribution in [0.4, 0.5) is 4.79 Å². The van der Waals surface area contributed by atoms with E-state index in [-0.39, 0.29) is 18.0 Å². The molecule has 1 unspecified atom stereocenters. The van der Waals surface area contributed by atoms with E-state index in [4.69, 9.17) is 0 Å². The Labute approximate surface area is 120 Å². The molecule has 0 radical (unpaired) electrons. The van der Waals surface area contributed by atoms with Gasteiger partial charge in [-0.3, -0.25) is 4.79 Å². The normalized spacial score (nSPS) is 24.9. The van der Waals surface area contributed by atoms with Crippen molar-refractivity contribution in [3.05, 3.63) is 0 Å². The Balaban J connectivity index is 1.95. The lowest BCUT2D eigenvalue weighted by molar-refractivity contribution is -0.128. The fourth-order valence-electron chi connectivity index (χ4n) is 3.11. The Morgan fingerprint density at radius 2 is 2.00 bits per heavy atom. The second kappa shape index (κ2) is 6.92. The van der Waals surface area contributed by atoms with E-state index in [2.05, 4.69) is 21.3 Å². The van der Waals surface area contributed by atoms with Crippen LogP contribution in [0.1, 0.15) is 45.4 Å². The molecule has 1 atom stereocenters. The van der Waals surface area contributed by atoms with E-state index in [0.29, 0.717) is 6.54 Å². The van der Waals surface area contributed by atoms with Crippen LogP contribution in [0.3, 0.4) is 0 Å². The van der Waals surface area contributed by atoms with E-state index < -0.39 is 5.54 Å². The van der Waals surface area contributed by atoms with Gasteiger partial charge in [0.2, 0.25) is 5.91 Å². The van der Waals surface area contributed by atoms with Crippen molar-refractivity contribution >= 4 is 11.9 Å². The smallest absolute Gasteiger partial charge is 0.315 e. The summed E-state index contributed by atoms with van der Waals surface area (Å²) in [5, 5.41) is 12.0. The van der Waals surface area contributed by atoms with Crippen LogP contribution in [0.2, 0.25) is 0 Å². The average molecular weight is 282 g/mol. The van der Waals surface area contributed by atoms with Crippen molar-refractivity contribution in [2.45, 2.75) is 57.0 Å². The van der Waals surface area contributed by atoms with Crippen LogP contribution in [0.15, 0.2) is 0 Å². The molecule has 6 nitrogen and oxygen atoms in total. The zero-order valence-electron chi connectivity index (χ0n) is 12.3. The van der Waals surface area contributed by atoms with Crippen molar-refractivity contribution < 1.29 is 9.59 Å². The molecule has 4 N–H and O–H groups in total. The highest BCUT2D eigenvalue weighted by Crippen LogP contribution is 2.30. The van der Waals surface area contributed by atoms with Gasteiger partial charge in [0.25, 0.3) is 0 Å². The highest BCUT2D eigenvalue weighted by molar-refractivity contribution is 5.91. The number of piperidine rings is 1. The fourth-order valence-corrected chi connectivity index (χ4v) is 3.11. The lowest BCUT2D eigenvalue weighted by atomic mass is 9.95. The molecule has 20 heavy (non-hydrogen) atoms. The SMILES string of the molecule is CCNC(=O)NC1(C(=O)NC2CCCNC2)CCCC1. The van der Waals surface area contributed by atoms with Gasteiger partial charge in [-0.05, 0) is 39.2 Å². The molecule has 1 saturated heterocycles. The van der Waals surface area contributed by atoms with E-state index in [9.17, 15) is 9.59 Å².